The van der Waals surface area contributed by atoms with E-state index in [4.69, 9.17) is 10.2 Å². The first kappa shape index (κ1) is 16.3. The first-order valence-electron chi connectivity index (χ1n) is 6.14. The minimum atomic E-state index is -1.58. The summed E-state index contributed by atoms with van der Waals surface area (Å²) >= 11 is 0. The van der Waals surface area contributed by atoms with Crippen molar-refractivity contribution < 1.29 is 38.9 Å². The van der Waals surface area contributed by atoms with Crippen molar-refractivity contribution in [1.82, 2.24) is 0 Å². The van der Waals surface area contributed by atoms with Gasteiger partial charge >= 0.3 is 23.9 Å². The lowest BCUT2D eigenvalue weighted by atomic mass is 9.78. The van der Waals surface area contributed by atoms with Gasteiger partial charge in [-0.2, -0.15) is 0 Å². The van der Waals surface area contributed by atoms with Gasteiger partial charge in [0.25, 0.3) is 0 Å². The Hall–Kier alpha value is -1.80. The lowest BCUT2D eigenvalue weighted by Crippen LogP contribution is -2.40. The van der Waals surface area contributed by atoms with Crippen LogP contribution in [0.4, 0.5) is 0 Å². The average Bonchev–Trinajstić information content (AvgIpc) is 2.35. The summed E-state index contributed by atoms with van der Waals surface area (Å²) in [7, 11) is 0. The van der Waals surface area contributed by atoms with Crippen LogP contribution in [0, 0.1) is 5.41 Å². The second-order valence-electron chi connectivity index (χ2n) is 4.51. The standard InChI is InChI=1S/C12H16O8/c13-5-3-12(4-6-14)7-10(17)19-8(15)1-2-9(16)20-11(12)18/h13-14H,1-7H2. The normalized spacial score (nSPS) is 20.3. The van der Waals surface area contributed by atoms with Gasteiger partial charge in [-0.05, 0) is 12.8 Å². The van der Waals surface area contributed by atoms with Crippen molar-refractivity contribution >= 4 is 23.9 Å². The minimum Gasteiger partial charge on any atom is -0.396 e. The van der Waals surface area contributed by atoms with Crippen LogP contribution in [0.25, 0.3) is 0 Å². The van der Waals surface area contributed by atoms with E-state index in [0.29, 0.717) is 0 Å². The topological polar surface area (TPSA) is 127 Å². The summed E-state index contributed by atoms with van der Waals surface area (Å²) in [4.78, 5) is 46.2. The number of aliphatic hydroxyl groups excluding tert-OH is 2. The molecule has 1 aliphatic heterocycles. The smallest absolute Gasteiger partial charge is 0.320 e. The number of ether oxygens (including phenoxy) is 2. The molecule has 8 nitrogen and oxygen atoms in total. The van der Waals surface area contributed by atoms with E-state index >= 15 is 0 Å². The number of carbonyl (C=O) groups is 4. The lowest BCUT2D eigenvalue weighted by Gasteiger charge is -2.29. The van der Waals surface area contributed by atoms with E-state index in [9.17, 15) is 19.2 Å². The Morgan fingerprint density at radius 2 is 1.35 bits per heavy atom. The lowest BCUT2D eigenvalue weighted by molar-refractivity contribution is -0.178. The number of carbonyl (C=O) groups excluding carboxylic acids is 4. The second-order valence-corrected chi connectivity index (χ2v) is 4.51. The molecule has 0 aliphatic carbocycles. The van der Waals surface area contributed by atoms with E-state index in [-0.39, 0.29) is 25.7 Å². The summed E-state index contributed by atoms with van der Waals surface area (Å²) in [6.45, 7) is -0.908. The van der Waals surface area contributed by atoms with Crippen molar-refractivity contribution in [1.29, 1.82) is 0 Å². The highest BCUT2D eigenvalue weighted by Crippen LogP contribution is 2.33. The monoisotopic (exact) mass is 288 g/mol. The third kappa shape index (κ3) is 4.10. The summed E-state index contributed by atoms with van der Waals surface area (Å²) in [5.74, 6) is -3.76. The van der Waals surface area contributed by atoms with Crippen LogP contribution in [0.3, 0.4) is 0 Å². The van der Waals surface area contributed by atoms with Gasteiger partial charge in [-0.3, -0.25) is 19.2 Å². The van der Waals surface area contributed by atoms with Crippen LogP contribution in [0.5, 0.6) is 0 Å². The highest BCUT2D eigenvalue weighted by atomic mass is 16.6. The molecule has 1 aliphatic rings. The maximum absolute atomic E-state index is 12.0. The fraction of sp³-hybridized carbons (Fsp3) is 0.667. The molecule has 0 atom stereocenters. The van der Waals surface area contributed by atoms with Gasteiger partial charge in [0.15, 0.2) is 0 Å². The maximum atomic E-state index is 12.0. The van der Waals surface area contributed by atoms with Crippen LogP contribution in [0.15, 0.2) is 0 Å². The molecule has 0 aromatic heterocycles. The van der Waals surface area contributed by atoms with Gasteiger partial charge in [0, 0.05) is 13.2 Å². The van der Waals surface area contributed by atoms with Gasteiger partial charge in [-0.15, -0.1) is 0 Å². The van der Waals surface area contributed by atoms with E-state index in [1.807, 2.05) is 0 Å². The maximum Gasteiger partial charge on any atom is 0.320 e. The quantitative estimate of drug-likeness (QED) is 0.501. The summed E-state index contributed by atoms with van der Waals surface area (Å²) in [5.41, 5.74) is -1.58. The molecule has 0 saturated carbocycles. The molecule has 112 valence electrons. The first-order valence-corrected chi connectivity index (χ1v) is 6.14. The van der Waals surface area contributed by atoms with Crippen molar-refractivity contribution in [3.63, 3.8) is 0 Å². The molecular weight excluding hydrogens is 272 g/mol. The summed E-state index contributed by atoms with van der Waals surface area (Å²) in [6.07, 6.45) is -1.67. The number of aliphatic hydroxyl groups is 2. The molecule has 0 aromatic carbocycles. The number of hydrogen-bond acceptors (Lipinski definition) is 8. The van der Waals surface area contributed by atoms with Crippen LogP contribution in [-0.4, -0.2) is 47.3 Å². The van der Waals surface area contributed by atoms with Crippen LogP contribution in [-0.2, 0) is 28.7 Å². The SMILES string of the molecule is O=C1CCC(=O)OC(=O)C(CCO)(CCO)CC(=O)O1. The number of cyclic esters (lactones) is 4. The average molecular weight is 288 g/mol. The van der Waals surface area contributed by atoms with Crippen molar-refractivity contribution in [2.24, 2.45) is 5.41 Å². The summed E-state index contributed by atoms with van der Waals surface area (Å²) in [5, 5.41) is 18.1. The van der Waals surface area contributed by atoms with Gasteiger partial charge in [0.2, 0.25) is 0 Å². The number of rotatable bonds is 4. The fourth-order valence-electron chi connectivity index (χ4n) is 1.96. The third-order valence-corrected chi connectivity index (χ3v) is 3.06. The van der Waals surface area contributed by atoms with Gasteiger partial charge in [-0.25, -0.2) is 0 Å². The van der Waals surface area contributed by atoms with Crippen LogP contribution >= 0.6 is 0 Å². The highest BCUT2D eigenvalue weighted by Gasteiger charge is 2.43. The van der Waals surface area contributed by atoms with Gasteiger partial charge in [0.1, 0.15) is 0 Å². The molecule has 2 N–H and O–H groups in total. The van der Waals surface area contributed by atoms with Crippen molar-refractivity contribution in [3.8, 4) is 0 Å². The van der Waals surface area contributed by atoms with E-state index in [1.165, 1.54) is 0 Å². The third-order valence-electron chi connectivity index (χ3n) is 3.06. The van der Waals surface area contributed by atoms with Crippen molar-refractivity contribution in [2.75, 3.05) is 13.2 Å². The number of hydrogen-bond donors (Lipinski definition) is 2. The molecular formula is C12H16O8. The zero-order chi connectivity index (χ0) is 15.2. The molecule has 1 heterocycles. The molecule has 0 amide bonds. The molecule has 0 bridgehead atoms. The Morgan fingerprint density at radius 3 is 1.85 bits per heavy atom. The fourth-order valence-corrected chi connectivity index (χ4v) is 1.96. The zero-order valence-electron chi connectivity index (χ0n) is 10.8. The molecule has 0 radical (unpaired) electrons. The Balaban J connectivity index is 3.06. The van der Waals surface area contributed by atoms with E-state index < -0.39 is 48.9 Å². The Labute approximate surface area is 114 Å². The van der Waals surface area contributed by atoms with E-state index in [1.54, 1.807) is 0 Å². The van der Waals surface area contributed by atoms with Crippen LogP contribution in [0.1, 0.15) is 32.1 Å². The molecule has 1 rings (SSSR count). The summed E-state index contributed by atoms with van der Waals surface area (Å²) in [6, 6.07) is 0. The Morgan fingerprint density at radius 1 is 0.850 bits per heavy atom. The predicted molar refractivity (Wildman–Crippen MR) is 61.9 cm³/mol. The molecule has 0 aromatic rings. The number of esters is 4. The largest absolute Gasteiger partial charge is 0.396 e. The molecule has 0 spiro atoms. The summed E-state index contributed by atoms with van der Waals surface area (Å²) < 4.78 is 9.05. The Bertz CT molecular complexity index is 408. The highest BCUT2D eigenvalue weighted by molar-refractivity contribution is 5.95. The van der Waals surface area contributed by atoms with E-state index in [2.05, 4.69) is 9.47 Å². The first-order chi connectivity index (χ1) is 9.43. The molecule has 1 fully saturated rings. The van der Waals surface area contributed by atoms with Gasteiger partial charge in [0.05, 0.1) is 24.7 Å². The molecule has 0 unspecified atom stereocenters. The van der Waals surface area contributed by atoms with Gasteiger partial charge < -0.3 is 19.7 Å². The van der Waals surface area contributed by atoms with Crippen LogP contribution < -0.4 is 0 Å². The molecule has 8 heteroatoms. The van der Waals surface area contributed by atoms with Crippen molar-refractivity contribution in [2.45, 2.75) is 32.1 Å². The Kier molecular flexibility index (Phi) is 5.78. The van der Waals surface area contributed by atoms with Crippen LogP contribution in [0.2, 0.25) is 0 Å². The zero-order valence-corrected chi connectivity index (χ0v) is 10.8. The van der Waals surface area contributed by atoms with E-state index in [0.717, 1.165) is 0 Å². The molecule has 20 heavy (non-hydrogen) atoms. The van der Waals surface area contributed by atoms with Gasteiger partial charge in [-0.1, -0.05) is 0 Å². The predicted octanol–water partition coefficient (Wildman–Crippen LogP) is -0.939. The molecule has 1 saturated heterocycles. The second kappa shape index (κ2) is 7.11. The van der Waals surface area contributed by atoms with Crippen molar-refractivity contribution in [3.05, 3.63) is 0 Å². The minimum absolute atomic E-state index is 0.192.